The van der Waals surface area contributed by atoms with E-state index in [1.807, 2.05) is 23.6 Å². The van der Waals surface area contributed by atoms with Crippen molar-refractivity contribution in [1.29, 1.82) is 0 Å². The third-order valence-corrected chi connectivity index (χ3v) is 4.08. The first kappa shape index (κ1) is 14.1. The zero-order valence-electron chi connectivity index (χ0n) is 11.4. The van der Waals surface area contributed by atoms with Gasteiger partial charge < -0.3 is 10.5 Å². The summed E-state index contributed by atoms with van der Waals surface area (Å²) in [6, 6.07) is 5.63. The molecule has 2 atom stereocenters. The number of anilines is 1. The summed E-state index contributed by atoms with van der Waals surface area (Å²) in [4.78, 5) is 20.7. The normalized spacial score (nSPS) is 21.4. The van der Waals surface area contributed by atoms with E-state index < -0.39 is 6.10 Å². The van der Waals surface area contributed by atoms with Gasteiger partial charge in [0.1, 0.15) is 11.8 Å². The summed E-state index contributed by atoms with van der Waals surface area (Å²) in [6.45, 7) is 0.449. The zero-order valence-corrected chi connectivity index (χ0v) is 12.2. The molecule has 7 heteroatoms. The smallest absolute Gasteiger partial charge is 0.255 e. The first-order valence-electron chi connectivity index (χ1n) is 6.79. The van der Waals surface area contributed by atoms with Gasteiger partial charge >= 0.3 is 0 Å². The summed E-state index contributed by atoms with van der Waals surface area (Å²) in [7, 11) is 0. The van der Waals surface area contributed by atoms with Gasteiger partial charge in [-0.3, -0.25) is 15.1 Å². The van der Waals surface area contributed by atoms with E-state index in [9.17, 15) is 4.79 Å². The molecule has 3 heterocycles. The molecule has 3 rings (SSSR count). The third-order valence-electron chi connectivity index (χ3n) is 3.32. The number of nitrogens with zero attached hydrogens (tertiary/aromatic N) is 2. The molecule has 0 aliphatic carbocycles. The van der Waals surface area contributed by atoms with Gasteiger partial charge in [-0.25, -0.2) is 4.98 Å². The molecule has 1 aliphatic rings. The van der Waals surface area contributed by atoms with E-state index in [1.54, 1.807) is 6.20 Å². The molecule has 110 valence electrons. The number of carbonyl (C=O) groups is 1. The van der Waals surface area contributed by atoms with Crippen molar-refractivity contribution in [2.24, 2.45) is 5.73 Å². The van der Waals surface area contributed by atoms with Crippen molar-refractivity contribution < 1.29 is 9.53 Å². The number of carbonyl (C=O) groups excluding carboxylic acids is 1. The fourth-order valence-electron chi connectivity index (χ4n) is 2.22. The standard InChI is InChI=1S/C14H16N4O2S/c15-7-9-4-5-12(20-9)13(19)18-14-17-11(8-21-14)10-3-1-2-6-16-10/h1-3,6,8-9,12H,4-5,7,15H2,(H,17,18,19)/t9-,12+/m1/s1. The Bertz CT molecular complexity index is 616. The highest BCUT2D eigenvalue weighted by molar-refractivity contribution is 7.14. The van der Waals surface area contributed by atoms with Crippen LogP contribution in [0.2, 0.25) is 0 Å². The maximum Gasteiger partial charge on any atom is 0.255 e. The van der Waals surface area contributed by atoms with E-state index in [0.29, 0.717) is 18.1 Å². The van der Waals surface area contributed by atoms with Crippen molar-refractivity contribution in [1.82, 2.24) is 9.97 Å². The van der Waals surface area contributed by atoms with Gasteiger partial charge in [0.25, 0.3) is 5.91 Å². The largest absolute Gasteiger partial charge is 0.364 e. The highest BCUT2D eigenvalue weighted by atomic mass is 32.1. The summed E-state index contributed by atoms with van der Waals surface area (Å²) in [5.74, 6) is -0.159. The average molecular weight is 304 g/mol. The van der Waals surface area contributed by atoms with Gasteiger partial charge in [-0.15, -0.1) is 11.3 Å². The predicted molar refractivity (Wildman–Crippen MR) is 80.9 cm³/mol. The van der Waals surface area contributed by atoms with Crippen LogP contribution in [0.15, 0.2) is 29.8 Å². The monoisotopic (exact) mass is 304 g/mol. The number of aromatic nitrogens is 2. The number of nitrogens with one attached hydrogen (secondary N) is 1. The molecule has 0 saturated carbocycles. The fraction of sp³-hybridized carbons (Fsp3) is 0.357. The van der Waals surface area contributed by atoms with Gasteiger partial charge in [-0.1, -0.05) is 6.07 Å². The van der Waals surface area contributed by atoms with Gasteiger partial charge in [-0.05, 0) is 25.0 Å². The van der Waals surface area contributed by atoms with E-state index >= 15 is 0 Å². The molecule has 2 aromatic rings. The van der Waals surface area contributed by atoms with Crippen molar-refractivity contribution in [3.05, 3.63) is 29.8 Å². The quantitative estimate of drug-likeness (QED) is 0.896. The summed E-state index contributed by atoms with van der Waals surface area (Å²) in [5.41, 5.74) is 7.08. The van der Waals surface area contributed by atoms with E-state index in [-0.39, 0.29) is 12.0 Å². The Kier molecular flexibility index (Phi) is 4.23. The average Bonchev–Trinajstić information content (AvgIpc) is 3.17. The van der Waals surface area contributed by atoms with Crippen molar-refractivity contribution in [3.8, 4) is 11.4 Å². The van der Waals surface area contributed by atoms with Crippen LogP contribution in [0, 0.1) is 0 Å². The molecule has 0 bridgehead atoms. The van der Waals surface area contributed by atoms with Crippen molar-refractivity contribution in [2.45, 2.75) is 25.0 Å². The summed E-state index contributed by atoms with van der Waals surface area (Å²) >= 11 is 1.37. The first-order valence-corrected chi connectivity index (χ1v) is 7.67. The maximum atomic E-state index is 12.1. The van der Waals surface area contributed by atoms with Crippen LogP contribution in [0.4, 0.5) is 5.13 Å². The van der Waals surface area contributed by atoms with Gasteiger partial charge in [0.05, 0.1) is 11.8 Å². The number of nitrogens with two attached hydrogens (primary N) is 1. The molecule has 1 aliphatic heterocycles. The lowest BCUT2D eigenvalue weighted by Gasteiger charge is -2.11. The second-order valence-electron chi connectivity index (χ2n) is 4.80. The van der Waals surface area contributed by atoms with Crippen LogP contribution in [0.1, 0.15) is 12.8 Å². The Labute approximate surface area is 126 Å². The van der Waals surface area contributed by atoms with Crippen LogP contribution < -0.4 is 11.1 Å². The van der Waals surface area contributed by atoms with Crippen molar-refractivity contribution in [3.63, 3.8) is 0 Å². The molecule has 21 heavy (non-hydrogen) atoms. The number of ether oxygens (including phenoxy) is 1. The van der Waals surface area contributed by atoms with Crippen LogP contribution >= 0.6 is 11.3 Å². The van der Waals surface area contributed by atoms with Crippen LogP contribution in [0.25, 0.3) is 11.4 Å². The fourth-order valence-corrected chi connectivity index (χ4v) is 2.93. The molecule has 0 unspecified atom stereocenters. The van der Waals surface area contributed by atoms with Gasteiger partial charge in [0.2, 0.25) is 0 Å². The molecule has 1 saturated heterocycles. The number of rotatable bonds is 4. The number of amides is 1. The Morgan fingerprint density at radius 1 is 1.43 bits per heavy atom. The zero-order chi connectivity index (χ0) is 14.7. The SMILES string of the molecule is NC[C@H]1CC[C@@H](C(=O)Nc2nc(-c3ccccn3)cs2)O1. The van der Waals surface area contributed by atoms with Crippen LogP contribution in [-0.4, -0.2) is 34.6 Å². The lowest BCUT2D eigenvalue weighted by Crippen LogP contribution is -2.29. The molecule has 2 aromatic heterocycles. The van der Waals surface area contributed by atoms with Crippen LogP contribution in [-0.2, 0) is 9.53 Å². The van der Waals surface area contributed by atoms with Gasteiger partial charge in [0, 0.05) is 18.1 Å². The van der Waals surface area contributed by atoms with Gasteiger partial charge in [0.15, 0.2) is 5.13 Å². The minimum absolute atomic E-state index is 0.0128. The van der Waals surface area contributed by atoms with Crippen molar-refractivity contribution in [2.75, 3.05) is 11.9 Å². The number of pyridine rings is 1. The van der Waals surface area contributed by atoms with Crippen LogP contribution in [0.3, 0.4) is 0 Å². The molecule has 1 fully saturated rings. The predicted octanol–water partition coefficient (Wildman–Crippen LogP) is 1.65. The third kappa shape index (κ3) is 3.26. The number of hydrogen-bond acceptors (Lipinski definition) is 6. The topological polar surface area (TPSA) is 90.1 Å². The van der Waals surface area contributed by atoms with Crippen molar-refractivity contribution >= 4 is 22.4 Å². The Balaban J connectivity index is 1.64. The molecule has 6 nitrogen and oxygen atoms in total. The Morgan fingerprint density at radius 3 is 3.05 bits per heavy atom. The number of thiazole rings is 1. The van der Waals surface area contributed by atoms with E-state index in [4.69, 9.17) is 10.5 Å². The molecular weight excluding hydrogens is 288 g/mol. The minimum atomic E-state index is -0.430. The molecular formula is C14H16N4O2S. The first-order chi connectivity index (χ1) is 10.3. The number of hydrogen-bond donors (Lipinski definition) is 2. The Morgan fingerprint density at radius 2 is 2.33 bits per heavy atom. The van der Waals surface area contributed by atoms with E-state index in [1.165, 1.54) is 11.3 Å². The highest BCUT2D eigenvalue weighted by Crippen LogP contribution is 2.25. The lowest BCUT2D eigenvalue weighted by molar-refractivity contribution is -0.126. The maximum absolute atomic E-state index is 12.1. The molecule has 0 aromatic carbocycles. The summed E-state index contributed by atoms with van der Waals surface area (Å²) < 4.78 is 5.56. The minimum Gasteiger partial charge on any atom is -0.364 e. The summed E-state index contributed by atoms with van der Waals surface area (Å²) in [6.07, 6.45) is 2.80. The molecule has 0 radical (unpaired) electrons. The van der Waals surface area contributed by atoms with E-state index in [2.05, 4.69) is 15.3 Å². The van der Waals surface area contributed by atoms with Gasteiger partial charge in [-0.2, -0.15) is 0 Å². The second-order valence-corrected chi connectivity index (χ2v) is 5.66. The lowest BCUT2D eigenvalue weighted by atomic mass is 10.2. The molecule has 1 amide bonds. The van der Waals surface area contributed by atoms with E-state index in [0.717, 1.165) is 17.8 Å². The van der Waals surface area contributed by atoms with Crippen LogP contribution in [0.5, 0.6) is 0 Å². The second kappa shape index (κ2) is 6.30. The highest BCUT2D eigenvalue weighted by Gasteiger charge is 2.30. The summed E-state index contributed by atoms with van der Waals surface area (Å²) in [5, 5.41) is 5.22. The molecule has 3 N–H and O–H groups in total. The molecule has 0 spiro atoms. The Hall–Kier alpha value is -1.83.